The van der Waals surface area contributed by atoms with Crippen LogP contribution in [0.5, 0.6) is 0 Å². The summed E-state index contributed by atoms with van der Waals surface area (Å²) in [5, 5.41) is 5.49. The van der Waals surface area contributed by atoms with Crippen LogP contribution in [-0.4, -0.2) is 29.7 Å². The lowest BCUT2D eigenvalue weighted by Gasteiger charge is -2.26. The van der Waals surface area contributed by atoms with E-state index in [0.717, 1.165) is 0 Å². The van der Waals surface area contributed by atoms with Crippen molar-refractivity contribution >= 4 is 29.4 Å². The maximum absolute atomic E-state index is 12.8. The van der Waals surface area contributed by atoms with Gasteiger partial charge in [0.25, 0.3) is 0 Å². The molecule has 0 N–H and O–H groups in total. The summed E-state index contributed by atoms with van der Waals surface area (Å²) in [5.74, 6) is 0.0713. The van der Waals surface area contributed by atoms with Crippen LogP contribution in [0.25, 0.3) is 0 Å². The molecule has 1 aliphatic heterocycles. The van der Waals surface area contributed by atoms with E-state index in [4.69, 9.17) is 11.6 Å². The molecular weight excluding hydrogens is 264 g/mol. The molecule has 0 amide bonds. The highest BCUT2D eigenvalue weighted by Gasteiger charge is 2.38. The molecule has 0 spiro atoms. The van der Waals surface area contributed by atoms with Gasteiger partial charge in [-0.3, -0.25) is 9.69 Å². The maximum Gasteiger partial charge on any atom is 0.318 e. The van der Waals surface area contributed by atoms with E-state index in [1.54, 1.807) is 24.3 Å². The summed E-state index contributed by atoms with van der Waals surface area (Å²) in [4.78, 5) is 11.7. The lowest BCUT2D eigenvalue weighted by molar-refractivity contribution is -0.114. The number of rotatable bonds is 3. The van der Waals surface area contributed by atoms with Crippen molar-refractivity contribution in [1.82, 2.24) is 4.90 Å². The van der Waals surface area contributed by atoms with Crippen LogP contribution < -0.4 is 5.01 Å². The number of aldehydes is 1. The van der Waals surface area contributed by atoms with Gasteiger partial charge < -0.3 is 0 Å². The average molecular weight is 274 g/mol. The first kappa shape index (κ1) is 12.8. The number of para-hydroxylation sites is 1. The van der Waals surface area contributed by atoms with Crippen LogP contribution in [-0.2, 0) is 4.79 Å². The van der Waals surface area contributed by atoms with Crippen LogP contribution in [0.4, 0.5) is 14.5 Å². The third-order valence-corrected chi connectivity index (χ3v) is 2.91. The fraction of sp³-hybridized carbons (Fsp3) is 0.273. The zero-order valence-corrected chi connectivity index (χ0v) is 10.2. The molecule has 1 unspecified atom stereocenters. The number of benzene rings is 1. The molecule has 1 aromatic carbocycles. The fourth-order valence-electron chi connectivity index (χ4n) is 1.79. The number of hydrogen-bond donors (Lipinski definition) is 0. The Balaban J connectivity index is 2.41. The number of carbonyl (C=O) groups is 1. The maximum atomic E-state index is 12.8. The van der Waals surface area contributed by atoms with E-state index in [1.807, 2.05) is 0 Å². The smallest absolute Gasteiger partial charge is 0.299 e. The van der Waals surface area contributed by atoms with E-state index >= 15 is 0 Å². The van der Waals surface area contributed by atoms with Crippen molar-refractivity contribution in [2.24, 2.45) is 5.10 Å². The van der Waals surface area contributed by atoms with Crippen molar-refractivity contribution in [2.45, 2.75) is 19.6 Å². The van der Waals surface area contributed by atoms with Crippen LogP contribution >= 0.6 is 11.6 Å². The summed E-state index contributed by atoms with van der Waals surface area (Å²) in [6, 6.07) is 6.62. The number of halogens is 3. The van der Waals surface area contributed by atoms with Gasteiger partial charge in [-0.15, -0.1) is 0 Å². The third-order valence-electron chi connectivity index (χ3n) is 2.59. The number of carbonyl (C=O) groups excluding carboxylic acids is 1. The number of hydrogen-bond acceptors (Lipinski definition) is 4. The van der Waals surface area contributed by atoms with Gasteiger partial charge in [0.2, 0.25) is 0 Å². The van der Waals surface area contributed by atoms with Gasteiger partial charge in [-0.1, -0.05) is 23.7 Å². The SMILES string of the molecule is CC1=NN(c2ccccc2Cl)C(C=O)N1C(F)F. The Hall–Kier alpha value is -1.69. The highest BCUT2D eigenvalue weighted by Crippen LogP contribution is 2.31. The van der Waals surface area contributed by atoms with Crippen molar-refractivity contribution in [3.63, 3.8) is 0 Å². The van der Waals surface area contributed by atoms with Crippen LogP contribution in [0.3, 0.4) is 0 Å². The zero-order chi connectivity index (χ0) is 13.3. The number of amidine groups is 1. The first-order valence-electron chi connectivity index (χ1n) is 5.17. The predicted octanol–water partition coefficient (Wildman–Crippen LogP) is 2.54. The van der Waals surface area contributed by atoms with Crippen molar-refractivity contribution in [2.75, 3.05) is 5.01 Å². The molecule has 0 fully saturated rings. The number of alkyl halides is 2. The summed E-state index contributed by atoms with van der Waals surface area (Å²) >= 11 is 5.97. The van der Waals surface area contributed by atoms with E-state index in [9.17, 15) is 13.6 Å². The van der Waals surface area contributed by atoms with Crippen molar-refractivity contribution in [3.05, 3.63) is 29.3 Å². The van der Waals surface area contributed by atoms with E-state index in [-0.39, 0.29) is 5.84 Å². The lowest BCUT2D eigenvalue weighted by atomic mass is 10.3. The molecule has 0 radical (unpaired) electrons. The van der Waals surface area contributed by atoms with Crippen molar-refractivity contribution in [3.8, 4) is 0 Å². The first-order valence-corrected chi connectivity index (χ1v) is 5.55. The Morgan fingerprint density at radius 3 is 2.67 bits per heavy atom. The van der Waals surface area contributed by atoms with Gasteiger partial charge in [0.05, 0.1) is 10.7 Å². The standard InChI is InChI=1S/C11H10ClF2N3O/c1-7-15-17(9-5-3-2-4-8(9)12)10(6-18)16(7)11(13)14/h2-6,10-11H,1H3. The normalized spacial score (nSPS) is 19.4. The monoisotopic (exact) mass is 273 g/mol. The van der Waals surface area contributed by atoms with E-state index in [1.165, 1.54) is 11.9 Å². The second-order valence-corrected chi connectivity index (χ2v) is 4.09. The predicted molar refractivity (Wildman–Crippen MR) is 64.7 cm³/mol. The van der Waals surface area contributed by atoms with Crippen LogP contribution in [0.2, 0.25) is 5.02 Å². The summed E-state index contributed by atoms with van der Waals surface area (Å²) in [7, 11) is 0. The Kier molecular flexibility index (Phi) is 3.47. The minimum Gasteiger partial charge on any atom is -0.299 e. The minimum atomic E-state index is -2.79. The lowest BCUT2D eigenvalue weighted by Crippen LogP contribution is -2.45. The van der Waals surface area contributed by atoms with Gasteiger partial charge in [0.15, 0.2) is 12.5 Å². The molecule has 1 aromatic rings. The molecule has 0 saturated heterocycles. The number of hydrazone groups is 1. The molecule has 4 nitrogen and oxygen atoms in total. The highest BCUT2D eigenvalue weighted by atomic mass is 35.5. The quantitative estimate of drug-likeness (QED) is 0.627. The van der Waals surface area contributed by atoms with Gasteiger partial charge in [0, 0.05) is 0 Å². The third kappa shape index (κ3) is 2.03. The molecule has 18 heavy (non-hydrogen) atoms. The molecule has 0 saturated carbocycles. The Labute approximate surface area is 107 Å². The summed E-state index contributed by atoms with van der Waals surface area (Å²) in [5.41, 5.74) is 0.416. The Morgan fingerprint density at radius 2 is 2.11 bits per heavy atom. The zero-order valence-electron chi connectivity index (χ0n) is 9.43. The molecule has 0 aliphatic carbocycles. The summed E-state index contributed by atoms with van der Waals surface area (Å²) < 4.78 is 25.7. The van der Waals surface area contributed by atoms with E-state index < -0.39 is 12.7 Å². The molecule has 96 valence electrons. The molecule has 0 aromatic heterocycles. The molecule has 2 rings (SSSR count). The molecule has 7 heteroatoms. The number of anilines is 1. The minimum absolute atomic E-state index is 0.0713. The first-order chi connectivity index (χ1) is 8.56. The van der Waals surface area contributed by atoms with Gasteiger partial charge in [0.1, 0.15) is 5.84 Å². The average Bonchev–Trinajstić information content (AvgIpc) is 2.66. The van der Waals surface area contributed by atoms with Crippen LogP contribution in [0.15, 0.2) is 29.4 Å². The van der Waals surface area contributed by atoms with E-state index in [0.29, 0.717) is 21.9 Å². The Morgan fingerprint density at radius 1 is 1.44 bits per heavy atom. The second-order valence-electron chi connectivity index (χ2n) is 3.68. The topological polar surface area (TPSA) is 35.9 Å². The second kappa shape index (κ2) is 4.89. The van der Waals surface area contributed by atoms with Gasteiger partial charge in [-0.25, -0.2) is 5.01 Å². The molecule has 1 atom stereocenters. The van der Waals surface area contributed by atoms with Crippen molar-refractivity contribution in [1.29, 1.82) is 0 Å². The van der Waals surface area contributed by atoms with Crippen LogP contribution in [0, 0.1) is 0 Å². The highest BCUT2D eigenvalue weighted by molar-refractivity contribution is 6.33. The number of nitrogens with zero attached hydrogens (tertiary/aromatic N) is 3. The van der Waals surface area contributed by atoms with Gasteiger partial charge in [-0.05, 0) is 19.1 Å². The van der Waals surface area contributed by atoms with Crippen molar-refractivity contribution < 1.29 is 13.6 Å². The molecule has 0 bridgehead atoms. The molecule has 1 heterocycles. The van der Waals surface area contributed by atoms with Gasteiger partial charge in [-0.2, -0.15) is 13.9 Å². The fourth-order valence-corrected chi connectivity index (χ4v) is 2.01. The van der Waals surface area contributed by atoms with Gasteiger partial charge >= 0.3 is 6.55 Å². The summed E-state index contributed by atoms with van der Waals surface area (Å²) in [6.07, 6.45) is -0.764. The van der Waals surface area contributed by atoms with E-state index in [2.05, 4.69) is 5.10 Å². The summed E-state index contributed by atoms with van der Waals surface area (Å²) in [6.45, 7) is -1.38. The largest absolute Gasteiger partial charge is 0.318 e. The van der Waals surface area contributed by atoms with Crippen LogP contribution in [0.1, 0.15) is 6.92 Å². The molecule has 1 aliphatic rings. The molecular formula is C11H10ClF2N3O. The Bertz CT molecular complexity index is 495.